The molecule has 0 bridgehead atoms. The second kappa shape index (κ2) is 5.94. The molecule has 0 saturated carbocycles. The van der Waals surface area contributed by atoms with Gasteiger partial charge in [-0.15, -0.1) is 0 Å². The zero-order valence-electron chi connectivity index (χ0n) is 9.39. The Morgan fingerprint density at radius 2 is 2.11 bits per heavy atom. The predicted octanol–water partition coefficient (Wildman–Crippen LogP) is 2.22. The highest BCUT2D eigenvalue weighted by Gasteiger charge is 2.42. The van der Waals surface area contributed by atoms with Crippen molar-refractivity contribution in [2.24, 2.45) is 0 Å². The van der Waals surface area contributed by atoms with Crippen LogP contribution in [0, 0.1) is 5.82 Å². The Morgan fingerprint density at radius 1 is 1.44 bits per heavy atom. The fraction of sp³-hybridized carbons (Fsp3) is 0.500. The van der Waals surface area contributed by atoms with Gasteiger partial charge >= 0.3 is 12.3 Å². The number of alkyl halides is 4. The van der Waals surface area contributed by atoms with Crippen molar-refractivity contribution in [1.82, 2.24) is 10.3 Å². The van der Waals surface area contributed by atoms with E-state index in [4.69, 9.17) is 0 Å². The zero-order chi connectivity index (χ0) is 13.8. The van der Waals surface area contributed by atoms with E-state index < -0.39 is 24.8 Å². The number of nitrogens with zero attached hydrogens (tertiary/aromatic N) is 1. The molecule has 0 atom stereocenters. The van der Waals surface area contributed by atoms with Gasteiger partial charge < -0.3 is 10.1 Å². The number of aromatic nitrogens is 1. The monoisotopic (exact) mass is 270 g/mol. The molecule has 0 fully saturated rings. The van der Waals surface area contributed by atoms with E-state index in [1.54, 1.807) is 7.05 Å². The van der Waals surface area contributed by atoms with E-state index in [0.29, 0.717) is 0 Å². The van der Waals surface area contributed by atoms with Gasteiger partial charge in [0.2, 0.25) is 5.88 Å². The first-order chi connectivity index (χ1) is 8.36. The van der Waals surface area contributed by atoms with Gasteiger partial charge in [-0.05, 0) is 13.1 Å². The SMILES string of the molecule is CNCc1cc(F)cnc1OCC(F)(F)C(F)F. The Hall–Kier alpha value is -1.44. The summed E-state index contributed by atoms with van der Waals surface area (Å²) in [4.78, 5) is 3.44. The second-order valence-electron chi connectivity index (χ2n) is 3.50. The number of pyridine rings is 1. The standard InChI is InChI=1S/C10H11F5N2O/c1-16-3-6-2-7(11)4-17-8(6)18-5-10(14,15)9(12)13/h2,4,9,16H,3,5H2,1H3. The predicted molar refractivity (Wildman–Crippen MR) is 53.4 cm³/mol. The van der Waals surface area contributed by atoms with E-state index in [2.05, 4.69) is 15.0 Å². The summed E-state index contributed by atoms with van der Waals surface area (Å²) in [6, 6.07) is 1.03. The van der Waals surface area contributed by atoms with Crippen LogP contribution in [-0.2, 0) is 6.54 Å². The lowest BCUT2D eigenvalue weighted by atomic mass is 10.2. The van der Waals surface area contributed by atoms with Crippen molar-refractivity contribution in [2.45, 2.75) is 18.9 Å². The van der Waals surface area contributed by atoms with Gasteiger partial charge in [0.05, 0.1) is 6.20 Å². The molecule has 18 heavy (non-hydrogen) atoms. The summed E-state index contributed by atoms with van der Waals surface area (Å²) in [6.45, 7) is -1.40. The first-order valence-corrected chi connectivity index (χ1v) is 4.94. The van der Waals surface area contributed by atoms with Gasteiger partial charge in [0.15, 0.2) is 6.61 Å². The van der Waals surface area contributed by atoms with Crippen molar-refractivity contribution in [1.29, 1.82) is 0 Å². The highest BCUT2D eigenvalue weighted by atomic mass is 19.3. The number of ether oxygens (including phenoxy) is 1. The van der Waals surface area contributed by atoms with E-state index in [1.807, 2.05) is 0 Å². The number of rotatable bonds is 6. The Labute approximate surface area is 100.0 Å². The third-order valence-corrected chi connectivity index (χ3v) is 1.98. The molecule has 1 heterocycles. The summed E-state index contributed by atoms with van der Waals surface area (Å²) < 4.78 is 66.5. The van der Waals surface area contributed by atoms with Crippen molar-refractivity contribution >= 4 is 0 Å². The molecule has 8 heteroatoms. The number of hydrogen-bond donors (Lipinski definition) is 1. The molecule has 0 unspecified atom stereocenters. The van der Waals surface area contributed by atoms with Gasteiger partial charge in [0, 0.05) is 12.1 Å². The van der Waals surface area contributed by atoms with Crippen LogP contribution in [0.15, 0.2) is 12.3 Å². The van der Waals surface area contributed by atoms with Gasteiger partial charge in [0.25, 0.3) is 0 Å². The van der Waals surface area contributed by atoms with Gasteiger partial charge in [-0.2, -0.15) is 8.78 Å². The number of halogens is 5. The number of hydrogen-bond acceptors (Lipinski definition) is 3. The maximum absolute atomic E-state index is 12.9. The molecule has 1 N–H and O–H groups in total. The normalized spacial score (nSPS) is 11.9. The van der Waals surface area contributed by atoms with E-state index in [-0.39, 0.29) is 18.0 Å². The summed E-state index contributed by atoms with van der Waals surface area (Å²) >= 11 is 0. The lowest BCUT2D eigenvalue weighted by molar-refractivity contribution is -0.148. The van der Waals surface area contributed by atoms with E-state index in [9.17, 15) is 22.0 Å². The lowest BCUT2D eigenvalue weighted by Gasteiger charge is -2.16. The van der Waals surface area contributed by atoms with Crippen LogP contribution < -0.4 is 10.1 Å². The maximum Gasteiger partial charge on any atom is 0.340 e. The molecule has 0 aromatic carbocycles. The molecule has 0 aliphatic heterocycles. The highest BCUT2D eigenvalue weighted by molar-refractivity contribution is 5.26. The van der Waals surface area contributed by atoms with Crippen molar-refractivity contribution in [3.8, 4) is 5.88 Å². The first-order valence-electron chi connectivity index (χ1n) is 4.94. The Morgan fingerprint density at radius 3 is 2.67 bits per heavy atom. The minimum absolute atomic E-state index is 0.111. The first kappa shape index (κ1) is 14.6. The van der Waals surface area contributed by atoms with Crippen molar-refractivity contribution in [3.05, 3.63) is 23.6 Å². The molecule has 3 nitrogen and oxygen atoms in total. The quantitative estimate of drug-likeness (QED) is 0.805. The molecule has 0 spiro atoms. The van der Waals surface area contributed by atoms with Crippen molar-refractivity contribution in [3.63, 3.8) is 0 Å². The summed E-state index contributed by atoms with van der Waals surface area (Å²) in [5.41, 5.74) is 0.169. The third-order valence-electron chi connectivity index (χ3n) is 1.98. The molecule has 0 amide bonds. The molecule has 1 aromatic rings. The van der Waals surface area contributed by atoms with Crippen LogP contribution in [0.4, 0.5) is 22.0 Å². The van der Waals surface area contributed by atoms with Crippen LogP contribution in [0.5, 0.6) is 5.88 Å². The average molecular weight is 270 g/mol. The second-order valence-corrected chi connectivity index (χ2v) is 3.50. The summed E-state index contributed by atoms with van der Waals surface area (Å²) in [7, 11) is 1.54. The van der Waals surface area contributed by atoms with Crippen LogP contribution in [0.25, 0.3) is 0 Å². The van der Waals surface area contributed by atoms with Gasteiger partial charge in [0.1, 0.15) is 5.82 Å². The van der Waals surface area contributed by atoms with Gasteiger partial charge in [-0.1, -0.05) is 0 Å². The average Bonchev–Trinajstić information content (AvgIpc) is 2.28. The smallest absolute Gasteiger partial charge is 0.340 e. The molecule has 1 aromatic heterocycles. The largest absolute Gasteiger partial charge is 0.471 e. The van der Waals surface area contributed by atoms with E-state index in [0.717, 1.165) is 12.3 Å². The van der Waals surface area contributed by atoms with Crippen LogP contribution in [0.2, 0.25) is 0 Å². The minimum atomic E-state index is -4.27. The van der Waals surface area contributed by atoms with E-state index >= 15 is 0 Å². The summed E-state index contributed by atoms with van der Waals surface area (Å²) in [5, 5.41) is 2.65. The third kappa shape index (κ3) is 3.80. The molecule has 0 aliphatic carbocycles. The molecule has 0 saturated heterocycles. The molecule has 0 aliphatic rings. The van der Waals surface area contributed by atoms with Crippen LogP contribution in [-0.4, -0.2) is 31.0 Å². The molecule has 1 rings (SSSR count). The van der Waals surface area contributed by atoms with Crippen LogP contribution >= 0.6 is 0 Å². The Bertz CT molecular complexity index is 400. The maximum atomic E-state index is 12.9. The lowest BCUT2D eigenvalue weighted by Crippen LogP contribution is -2.34. The fourth-order valence-corrected chi connectivity index (χ4v) is 1.14. The zero-order valence-corrected chi connectivity index (χ0v) is 9.39. The van der Waals surface area contributed by atoms with Crippen molar-refractivity contribution in [2.75, 3.05) is 13.7 Å². The van der Waals surface area contributed by atoms with Crippen LogP contribution in [0.1, 0.15) is 5.56 Å². The van der Waals surface area contributed by atoms with Gasteiger partial charge in [-0.3, -0.25) is 0 Å². The summed E-state index contributed by atoms with van der Waals surface area (Å²) in [5.74, 6) is -5.24. The Balaban J connectivity index is 2.78. The summed E-state index contributed by atoms with van der Waals surface area (Å²) in [6.07, 6.45) is -3.07. The molecular formula is C10H11F5N2O. The van der Waals surface area contributed by atoms with Crippen LogP contribution in [0.3, 0.4) is 0 Å². The van der Waals surface area contributed by atoms with Crippen molar-refractivity contribution < 1.29 is 26.7 Å². The molecular weight excluding hydrogens is 259 g/mol. The minimum Gasteiger partial charge on any atom is -0.471 e. The fourth-order valence-electron chi connectivity index (χ4n) is 1.14. The molecule has 0 radical (unpaired) electrons. The van der Waals surface area contributed by atoms with E-state index in [1.165, 1.54) is 0 Å². The number of nitrogens with one attached hydrogen (secondary N) is 1. The topological polar surface area (TPSA) is 34.2 Å². The highest BCUT2D eigenvalue weighted by Crippen LogP contribution is 2.25. The molecule has 102 valence electrons. The van der Waals surface area contributed by atoms with Gasteiger partial charge in [-0.25, -0.2) is 18.2 Å². The Kier molecular flexibility index (Phi) is 4.83.